The Bertz CT molecular complexity index is 1110. The summed E-state index contributed by atoms with van der Waals surface area (Å²) >= 11 is 0. The Balaban J connectivity index is 1.41. The Labute approximate surface area is 176 Å². The molecule has 1 aromatic heterocycles. The van der Waals surface area contributed by atoms with Crippen molar-refractivity contribution in [2.24, 2.45) is 0 Å². The summed E-state index contributed by atoms with van der Waals surface area (Å²) in [6.45, 7) is 1.01. The molecular weight excluding hydrogens is 374 g/mol. The summed E-state index contributed by atoms with van der Waals surface area (Å²) < 4.78 is 7.84. The number of nitrogens with zero attached hydrogens (tertiary/aromatic N) is 3. The molecule has 0 bridgehead atoms. The Morgan fingerprint density at radius 1 is 0.933 bits per heavy atom. The number of carbonyl (C=O) groups is 1. The van der Waals surface area contributed by atoms with Gasteiger partial charge in [0.15, 0.2) is 0 Å². The first-order valence-corrected chi connectivity index (χ1v) is 10.2. The molecule has 0 radical (unpaired) electrons. The number of benzene rings is 3. The molecule has 0 saturated carbocycles. The third kappa shape index (κ3) is 4.51. The smallest absolute Gasteiger partial charge is 0.222 e. The zero-order chi connectivity index (χ0) is 20.8. The fraction of sp³-hybridized carbons (Fsp3) is 0.200. The number of hydrogen-bond acceptors (Lipinski definition) is 3. The van der Waals surface area contributed by atoms with Crippen molar-refractivity contribution in [1.82, 2.24) is 14.5 Å². The molecule has 152 valence electrons. The average molecular weight is 399 g/mol. The van der Waals surface area contributed by atoms with Crippen LogP contribution in [0.4, 0.5) is 0 Å². The maximum atomic E-state index is 12.7. The van der Waals surface area contributed by atoms with Gasteiger partial charge in [0.05, 0.1) is 17.6 Å². The van der Waals surface area contributed by atoms with Crippen LogP contribution in [0.2, 0.25) is 0 Å². The predicted octanol–water partition coefficient (Wildman–Crippen LogP) is 4.50. The highest BCUT2D eigenvalue weighted by Crippen LogP contribution is 2.22. The lowest BCUT2D eigenvalue weighted by Crippen LogP contribution is -2.31. The zero-order valence-corrected chi connectivity index (χ0v) is 17.1. The molecular formula is C25H25N3O2. The second-order valence-electron chi connectivity index (χ2n) is 7.16. The Morgan fingerprint density at radius 3 is 2.37 bits per heavy atom. The zero-order valence-electron chi connectivity index (χ0n) is 17.1. The monoisotopic (exact) mass is 399 g/mol. The van der Waals surface area contributed by atoms with E-state index in [1.165, 1.54) is 0 Å². The second-order valence-corrected chi connectivity index (χ2v) is 7.16. The molecule has 1 heterocycles. The molecule has 0 saturated heterocycles. The van der Waals surface area contributed by atoms with Crippen LogP contribution in [0, 0.1) is 0 Å². The number of ether oxygens (including phenoxy) is 1. The maximum Gasteiger partial charge on any atom is 0.222 e. The third-order valence-electron chi connectivity index (χ3n) is 5.07. The lowest BCUT2D eigenvalue weighted by molar-refractivity contribution is -0.130. The highest BCUT2D eigenvalue weighted by Gasteiger charge is 2.15. The molecule has 0 aliphatic carbocycles. The van der Waals surface area contributed by atoms with Gasteiger partial charge in [0, 0.05) is 25.6 Å². The van der Waals surface area contributed by atoms with Gasteiger partial charge >= 0.3 is 0 Å². The van der Waals surface area contributed by atoms with Gasteiger partial charge < -0.3 is 9.64 Å². The lowest BCUT2D eigenvalue weighted by atomic mass is 10.2. The van der Waals surface area contributed by atoms with Gasteiger partial charge in [-0.3, -0.25) is 9.36 Å². The maximum absolute atomic E-state index is 12.7. The molecule has 0 N–H and O–H groups in total. The first-order valence-electron chi connectivity index (χ1n) is 10.2. The highest BCUT2D eigenvalue weighted by atomic mass is 16.5. The van der Waals surface area contributed by atoms with Crippen LogP contribution in [-0.4, -0.2) is 40.6 Å². The van der Waals surface area contributed by atoms with Gasteiger partial charge in [-0.25, -0.2) is 4.98 Å². The van der Waals surface area contributed by atoms with E-state index in [9.17, 15) is 4.79 Å². The van der Waals surface area contributed by atoms with Crippen molar-refractivity contribution in [3.8, 4) is 11.4 Å². The summed E-state index contributed by atoms with van der Waals surface area (Å²) in [4.78, 5) is 19.2. The van der Waals surface area contributed by atoms with Crippen LogP contribution in [-0.2, 0) is 11.2 Å². The van der Waals surface area contributed by atoms with E-state index in [-0.39, 0.29) is 5.91 Å². The molecule has 3 aromatic carbocycles. The van der Waals surface area contributed by atoms with E-state index in [1.807, 2.05) is 73.8 Å². The van der Waals surface area contributed by atoms with Crippen molar-refractivity contribution in [2.75, 3.05) is 20.2 Å². The van der Waals surface area contributed by atoms with Gasteiger partial charge in [0.25, 0.3) is 0 Å². The number of rotatable bonds is 8. The SMILES string of the molecule is CN(CCOc1ccccc1)C(=O)CCc1nc2ccccc2n1-c1ccccc1. The minimum Gasteiger partial charge on any atom is -0.492 e. The average Bonchev–Trinajstić information content (AvgIpc) is 3.17. The van der Waals surface area contributed by atoms with Gasteiger partial charge in [-0.2, -0.15) is 0 Å². The quantitative estimate of drug-likeness (QED) is 0.438. The number of para-hydroxylation sites is 4. The van der Waals surface area contributed by atoms with Crippen molar-refractivity contribution in [1.29, 1.82) is 0 Å². The van der Waals surface area contributed by atoms with E-state index in [4.69, 9.17) is 9.72 Å². The molecule has 5 nitrogen and oxygen atoms in total. The van der Waals surface area contributed by atoms with Gasteiger partial charge in [-0.05, 0) is 36.4 Å². The molecule has 5 heteroatoms. The van der Waals surface area contributed by atoms with Gasteiger partial charge in [0.2, 0.25) is 5.91 Å². The van der Waals surface area contributed by atoms with E-state index in [0.717, 1.165) is 28.3 Å². The molecule has 4 aromatic rings. The molecule has 1 amide bonds. The summed E-state index contributed by atoms with van der Waals surface area (Å²) in [6.07, 6.45) is 0.976. The van der Waals surface area contributed by atoms with Crippen molar-refractivity contribution >= 4 is 16.9 Å². The van der Waals surface area contributed by atoms with E-state index >= 15 is 0 Å². The highest BCUT2D eigenvalue weighted by molar-refractivity contribution is 5.79. The molecule has 0 spiro atoms. The number of amides is 1. The third-order valence-corrected chi connectivity index (χ3v) is 5.07. The molecule has 0 aliphatic heterocycles. The first kappa shape index (κ1) is 19.7. The van der Waals surface area contributed by atoms with Crippen LogP contribution in [0.15, 0.2) is 84.9 Å². The normalized spacial score (nSPS) is 10.8. The van der Waals surface area contributed by atoms with Gasteiger partial charge in [0.1, 0.15) is 18.2 Å². The van der Waals surface area contributed by atoms with E-state index < -0.39 is 0 Å². The number of aryl methyl sites for hydroxylation is 1. The largest absolute Gasteiger partial charge is 0.492 e. The summed E-state index contributed by atoms with van der Waals surface area (Å²) in [7, 11) is 1.82. The van der Waals surface area contributed by atoms with E-state index in [2.05, 4.69) is 22.8 Å². The first-order chi connectivity index (χ1) is 14.7. The van der Waals surface area contributed by atoms with Crippen LogP contribution in [0.1, 0.15) is 12.2 Å². The van der Waals surface area contributed by atoms with E-state index in [0.29, 0.717) is 26.0 Å². The number of likely N-dealkylation sites (N-methyl/N-ethyl adjacent to an activating group) is 1. The molecule has 0 unspecified atom stereocenters. The van der Waals surface area contributed by atoms with E-state index in [1.54, 1.807) is 4.90 Å². The second kappa shape index (κ2) is 9.27. The Kier molecular flexibility index (Phi) is 6.09. The van der Waals surface area contributed by atoms with Crippen LogP contribution in [0.25, 0.3) is 16.7 Å². The molecule has 30 heavy (non-hydrogen) atoms. The number of hydrogen-bond donors (Lipinski definition) is 0. The van der Waals surface area contributed by atoms with Crippen LogP contribution < -0.4 is 4.74 Å². The van der Waals surface area contributed by atoms with Gasteiger partial charge in [-0.1, -0.05) is 48.5 Å². The standard InChI is InChI=1S/C25H25N3O2/c1-27(18-19-30-21-12-6-3-7-13-21)25(29)17-16-24-26-22-14-8-9-15-23(22)28(24)20-10-4-2-5-11-20/h2-15H,16-19H2,1H3. The Morgan fingerprint density at radius 2 is 1.60 bits per heavy atom. The summed E-state index contributed by atoms with van der Waals surface area (Å²) in [6, 6.07) is 27.9. The summed E-state index contributed by atoms with van der Waals surface area (Å²) in [5, 5.41) is 0. The van der Waals surface area contributed by atoms with Crippen molar-refractivity contribution in [3.63, 3.8) is 0 Å². The number of imidazole rings is 1. The van der Waals surface area contributed by atoms with Crippen LogP contribution in [0.5, 0.6) is 5.75 Å². The molecule has 0 fully saturated rings. The summed E-state index contributed by atoms with van der Waals surface area (Å²) in [5.41, 5.74) is 3.04. The minimum absolute atomic E-state index is 0.0818. The van der Waals surface area contributed by atoms with Crippen LogP contribution >= 0.6 is 0 Å². The van der Waals surface area contributed by atoms with Crippen molar-refractivity contribution in [2.45, 2.75) is 12.8 Å². The lowest BCUT2D eigenvalue weighted by Gasteiger charge is -2.17. The fourth-order valence-corrected chi connectivity index (χ4v) is 3.46. The Hall–Kier alpha value is -3.60. The number of carbonyl (C=O) groups excluding carboxylic acids is 1. The molecule has 4 rings (SSSR count). The summed E-state index contributed by atoms with van der Waals surface area (Å²) in [5.74, 6) is 1.79. The van der Waals surface area contributed by atoms with Crippen molar-refractivity contribution < 1.29 is 9.53 Å². The topological polar surface area (TPSA) is 47.4 Å². The number of fused-ring (bicyclic) bond motifs is 1. The van der Waals surface area contributed by atoms with Gasteiger partial charge in [-0.15, -0.1) is 0 Å². The van der Waals surface area contributed by atoms with Crippen molar-refractivity contribution in [3.05, 3.63) is 90.8 Å². The molecule has 0 atom stereocenters. The minimum atomic E-state index is 0.0818. The fourth-order valence-electron chi connectivity index (χ4n) is 3.46. The van der Waals surface area contributed by atoms with Crippen LogP contribution in [0.3, 0.4) is 0 Å². The number of aromatic nitrogens is 2. The molecule has 0 aliphatic rings. The predicted molar refractivity (Wildman–Crippen MR) is 119 cm³/mol.